The van der Waals surface area contributed by atoms with Gasteiger partial charge in [-0.15, -0.1) is 0 Å². The SMILES string of the molecule is NC(=O)C[C@H](NC(=O)N1CCCC(C(N)=O)C1)C(=O)O. The molecule has 0 aromatic heterocycles. The van der Waals surface area contributed by atoms with Crippen molar-refractivity contribution < 1.29 is 24.3 Å². The smallest absolute Gasteiger partial charge is 0.326 e. The summed E-state index contributed by atoms with van der Waals surface area (Å²) in [5, 5.41) is 11.1. The zero-order chi connectivity index (χ0) is 15.3. The van der Waals surface area contributed by atoms with E-state index in [-0.39, 0.29) is 6.54 Å². The van der Waals surface area contributed by atoms with Crippen molar-refractivity contribution in [2.75, 3.05) is 13.1 Å². The van der Waals surface area contributed by atoms with Gasteiger partial charge in [-0.1, -0.05) is 0 Å². The standard InChI is InChI=1S/C11H18N4O5/c12-8(16)4-7(10(18)19)14-11(20)15-3-1-2-6(5-15)9(13)17/h6-7H,1-5H2,(H2,12,16)(H2,13,17)(H,14,20)(H,18,19)/t6?,7-/m0/s1. The number of amides is 4. The first-order valence-corrected chi connectivity index (χ1v) is 6.17. The number of likely N-dealkylation sites (tertiary alicyclic amines) is 1. The predicted octanol–water partition coefficient (Wildman–Crippen LogP) is -1.78. The summed E-state index contributed by atoms with van der Waals surface area (Å²) in [5.41, 5.74) is 10.1. The Morgan fingerprint density at radius 3 is 2.45 bits per heavy atom. The van der Waals surface area contributed by atoms with Crippen LogP contribution in [0.25, 0.3) is 0 Å². The van der Waals surface area contributed by atoms with E-state index in [0.29, 0.717) is 19.4 Å². The summed E-state index contributed by atoms with van der Waals surface area (Å²) in [6.07, 6.45) is 0.714. The largest absolute Gasteiger partial charge is 0.480 e. The second kappa shape index (κ2) is 6.73. The topological polar surface area (TPSA) is 156 Å². The zero-order valence-electron chi connectivity index (χ0n) is 10.9. The van der Waals surface area contributed by atoms with Crippen molar-refractivity contribution in [2.45, 2.75) is 25.3 Å². The summed E-state index contributed by atoms with van der Waals surface area (Å²) in [6, 6.07) is -2.03. The molecule has 112 valence electrons. The predicted molar refractivity (Wildman–Crippen MR) is 67.3 cm³/mol. The maximum atomic E-state index is 11.9. The fourth-order valence-electron chi connectivity index (χ4n) is 2.04. The Morgan fingerprint density at radius 2 is 1.95 bits per heavy atom. The van der Waals surface area contributed by atoms with Gasteiger partial charge in [0, 0.05) is 13.1 Å². The van der Waals surface area contributed by atoms with Crippen LogP contribution < -0.4 is 16.8 Å². The van der Waals surface area contributed by atoms with Crippen LogP contribution in [0.4, 0.5) is 4.79 Å². The molecule has 0 bridgehead atoms. The Balaban J connectivity index is 2.61. The second-order valence-electron chi connectivity index (χ2n) is 4.70. The van der Waals surface area contributed by atoms with Gasteiger partial charge in [-0.3, -0.25) is 9.59 Å². The number of piperidine rings is 1. The molecular weight excluding hydrogens is 268 g/mol. The molecule has 1 heterocycles. The van der Waals surface area contributed by atoms with Crippen molar-refractivity contribution in [1.29, 1.82) is 0 Å². The van der Waals surface area contributed by atoms with Crippen molar-refractivity contribution in [3.8, 4) is 0 Å². The van der Waals surface area contributed by atoms with E-state index in [1.54, 1.807) is 0 Å². The van der Waals surface area contributed by atoms with Crippen LogP contribution in [0.15, 0.2) is 0 Å². The number of nitrogens with one attached hydrogen (secondary N) is 1. The number of hydrogen-bond donors (Lipinski definition) is 4. The lowest BCUT2D eigenvalue weighted by Gasteiger charge is -2.32. The molecule has 0 saturated carbocycles. The summed E-state index contributed by atoms with van der Waals surface area (Å²) >= 11 is 0. The minimum absolute atomic E-state index is 0.143. The Morgan fingerprint density at radius 1 is 1.30 bits per heavy atom. The Labute approximate surface area is 115 Å². The molecule has 9 nitrogen and oxygen atoms in total. The van der Waals surface area contributed by atoms with E-state index in [9.17, 15) is 19.2 Å². The van der Waals surface area contributed by atoms with E-state index in [2.05, 4.69) is 5.32 Å². The molecular formula is C11H18N4O5. The minimum atomic E-state index is -1.38. The van der Waals surface area contributed by atoms with Crippen LogP contribution in [-0.4, -0.2) is 53.0 Å². The third-order valence-corrected chi connectivity index (χ3v) is 3.11. The number of carboxylic acid groups (broad SMARTS) is 1. The molecule has 9 heteroatoms. The Hall–Kier alpha value is -2.32. The highest BCUT2D eigenvalue weighted by Crippen LogP contribution is 2.16. The van der Waals surface area contributed by atoms with Gasteiger partial charge in [0.15, 0.2) is 0 Å². The quantitative estimate of drug-likeness (QED) is 0.470. The van der Waals surface area contributed by atoms with Gasteiger partial charge in [0.1, 0.15) is 6.04 Å². The van der Waals surface area contributed by atoms with Crippen LogP contribution in [0.3, 0.4) is 0 Å². The number of aliphatic carboxylic acids is 1. The van der Waals surface area contributed by atoms with Gasteiger partial charge in [0.25, 0.3) is 0 Å². The monoisotopic (exact) mass is 286 g/mol. The van der Waals surface area contributed by atoms with Gasteiger partial charge in [0.2, 0.25) is 11.8 Å². The van der Waals surface area contributed by atoms with Crippen molar-refractivity contribution in [3.05, 3.63) is 0 Å². The maximum Gasteiger partial charge on any atom is 0.326 e. The highest BCUT2D eigenvalue weighted by atomic mass is 16.4. The van der Waals surface area contributed by atoms with E-state index in [1.807, 2.05) is 0 Å². The van der Waals surface area contributed by atoms with Crippen LogP contribution in [0.5, 0.6) is 0 Å². The first-order valence-electron chi connectivity index (χ1n) is 6.17. The van der Waals surface area contributed by atoms with Crippen molar-refractivity contribution in [1.82, 2.24) is 10.2 Å². The summed E-state index contributed by atoms with van der Waals surface area (Å²) in [5.74, 6) is -3.10. The van der Waals surface area contributed by atoms with E-state index >= 15 is 0 Å². The van der Waals surface area contributed by atoms with E-state index in [1.165, 1.54) is 4.90 Å². The third-order valence-electron chi connectivity index (χ3n) is 3.11. The van der Waals surface area contributed by atoms with Gasteiger partial charge in [-0.05, 0) is 12.8 Å². The Kier molecular flexibility index (Phi) is 5.30. The van der Waals surface area contributed by atoms with Gasteiger partial charge in [-0.25, -0.2) is 9.59 Å². The first kappa shape index (κ1) is 15.7. The van der Waals surface area contributed by atoms with Crippen LogP contribution >= 0.6 is 0 Å². The number of nitrogens with zero attached hydrogens (tertiary/aromatic N) is 1. The summed E-state index contributed by atoms with van der Waals surface area (Å²) in [4.78, 5) is 46.0. The average molecular weight is 286 g/mol. The number of carbonyl (C=O) groups excluding carboxylic acids is 3. The molecule has 1 saturated heterocycles. The van der Waals surface area contributed by atoms with Gasteiger partial charge in [0.05, 0.1) is 12.3 Å². The van der Waals surface area contributed by atoms with E-state index < -0.39 is 42.2 Å². The van der Waals surface area contributed by atoms with Gasteiger partial charge >= 0.3 is 12.0 Å². The summed E-state index contributed by atoms with van der Waals surface area (Å²) in [7, 11) is 0. The molecule has 0 aromatic carbocycles. The molecule has 1 fully saturated rings. The average Bonchev–Trinajstić information content (AvgIpc) is 2.37. The molecule has 4 amide bonds. The van der Waals surface area contributed by atoms with Crippen molar-refractivity contribution >= 4 is 23.8 Å². The number of urea groups is 1. The molecule has 0 aliphatic carbocycles. The fourth-order valence-corrected chi connectivity index (χ4v) is 2.04. The molecule has 6 N–H and O–H groups in total. The molecule has 1 aliphatic rings. The van der Waals surface area contributed by atoms with Crippen molar-refractivity contribution in [2.24, 2.45) is 17.4 Å². The Bertz CT molecular complexity index is 425. The maximum absolute atomic E-state index is 11.9. The molecule has 0 aromatic rings. The fraction of sp³-hybridized carbons (Fsp3) is 0.636. The number of hydrogen-bond acceptors (Lipinski definition) is 4. The van der Waals surface area contributed by atoms with E-state index in [4.69, 9.17) is 16.6 Å². The number of carbonyl (C=O) groups is 4. The summed E-state index contributed by atoms with van der Waals surface area (Å²) < 4.78 is 0. The minimum Gasteiger partial charge on any atom is -0.480 e. The number of carboxylic acids is 1. The molecule has 0 radical (unpaired) electrons. The molecule has 0 spiro atoms. The van der Waals surface area contributed by atoms with Crippen LogP contribution in [-0.2, 0) is 14.4 Å². The van der Waals surface area contributed by atoms with Crippen LogP contribution in [0.2, 0.25) is 0 Å². The molecule has 20 heavy (non-hydrogen) atoms. The van der Waals surface area contributed by atoms with Crippen LogP contribution in [0, 0.1) is 5.92 Å². The van der Waals surface area contributed by atoms with Crippen LogP contribution in [0.1, 0.15) is 19.3 Å². The van der Waals surface area contributed by atoms with Gasteiger partial charge in [-0.2, -0.15) is 0 Å². The lowest BCUT2D eigenvalue weighted by atomic mass is 9.98. The number of rotatable bonds is 5. The van der Waals surface area contributed by atoms with E-state index in [0.717, 1.165) is 0 Å². The molecule has 1 rings (SSSR count). The number of nitrogens with two attached hydrogens (primary N) is 2. The second-order valence-corrected chi connectivity index (χ2v) is 4.70. The van der Waals surface area contributed by atoms with Gasteiger partial charge < -0.3 is 26.8 Å². The van der Waals surface area contributed by atoms with Crippen molar-refractivity contribution in [3.63, 3.8) is 0 Å². The normalized spacial score (nSPS) is 20.0. The third kappa shape index (κ3) is 4.41. The highest BCUT2D eigenvalue weighted by Gasteiger charge is 2.30. The molecule has 1 aliphatic heterocycles. The number of primary amides is 2. The zero-order valence-corrected chi connectivity index (χ0v) is 10.9. The first-order chi connectivity index (χ1) is 9.31. The lowest BCUT2D eigenvalue weighted by molar-refractivity contribution is -0.141. The molecule has 2 atom stereocenters. The lowest BCUT2D eigenvalue weighted by Crippen LogP contribution is -2.52. The molecule has 1 unspecified atom stereocenters. The highest BCUT2D eigenvalue weighted by molar-refractivity contribution is 5.88. The summed E-state index contributed by atoms with van der Waals surface area (Å²) in [6.45, 7) is 0.544.